The van der Waals surface area contributed by atoms with E-state index in [4.69, 9.17) is 0 Å². The third-order valence-corrected chi connectivity index (χ3v) is 2.90. The summed E-state index contributed by atoms with van der Waals surface area (Å²) in [5, 5.41) is 0. The Morgan fingerprint density at radius 1 is 0.917 bits per heavy atom. The van der Waals surface area contributed by atoms with Crippen LogP contribution in [-0.2, 0) is 7.05 Å². The van der Waals surface area contributed by atoms with E-state index < -0.39 is 17.1 Å². The number of hydrogen-bond donors (Lipinski definition) is 0. The van der Waals surface area contributed by atoms with Gasteiger partial charge in [-0.05, 0) is 0 Å². The van der Waals surface area contributed by atoms with Gasteiger partial charge in [-0.1, -0.05) is 0 Å². The van der Waals surface area contributed by atoms with Crippen LogP contribution in [0.25, 0.3) is 0 Å². The first-order valence-electron chi connectivity index (χ1n) is 2.74. The zero-order valence-corrected chi connectivity index (χ0v) is 10.1. The molecule has 1 heterocycles. The maximum absolute atomic E-state index is 11.1. The lowest BCUT2D eigenvalue weighted by molar-refractivity contribution is 0.695. The molecule has 12 heavy (non-hydrogen) atoms. The minimum absolute atomic E-state index is 0.626. The smallest absolute Gasteiger partial charge is 0.247 e. The van der Waals surface area contributed by atoms with Gasteiger partial charge in [-0.2, -0.15) is 5.56 Å². The first-order chi connectivity index (χ1) is 5.46. The third-order valence-electron chi connectivity index (χ3n) is 1.25. The summed E-state index contributed by atoms with van der Waals surface area (Å²) in [6.45, 7) is 0. The van der Waals surface area contributed by atoms with Gasteiger partial charge in [-0.15, -0.1) is 0 Å². The summed E-state index contributed by atoms with van der Waals surface area (Å²) in [7, 11) is 1.31. The molecule has 8 heteroatoms. The molecule has 0 amide bonds. The zero-order chi connectivity index (χ0) is 9.46. The van der Waals surface area contributed by atoms with Crippen molar-refractivity contribution in [1.82, 2.24) is 10.1 Å². The second-order valence-electron chi connectivity index (χ2n) is 1.97. The molecule has 0 aliphatic heterocycles. The Balaban J connectivity index is 4.00. The van der Waals surface area contributed by atoms with Gasteiger partial charge in [0, 0.05) is 7.05 Å². The molecule has 66 valence electrons. The fraction of sp³-hybridized carbons (Fsp3) is 0.250. The molecule has 1 rings (SSSR count). The third kappa shape index (κ3) is 1.36. The zero-order valence-electron chi connectivity index (χ0n) is 5.82. The van der Waals surface area contributed by atoms with E-state index in [-0.39, 0.29) is 0 Å². The molecule has 1 aromatic heterocycles. The highest BCUT2D eigenvalue weighted by molar-refractivity contribution is 14.1. The van der Waals surface area contributed by atoms with E-state index in [0.29, 0.717) is 0 Å². The van der Waals surface area contributed by atoms with Crippen molar-refractivity contribution in [2.75, 3.05) is 0 Å². The van der Waals surface area contributed by atoms with Crippen molar-refractivity contribution >= 4 is 45.7 Å². The maximum atomic E-state index is 11.1. The molecule has 0 spiro atoms. The largest absolute Gasteiger partial charge is 0.354 e. The Labute approximate surface area is 93.8 Å². The van der Waals surface area contributed by atoms with Crippen molar-refractivity contribution in [3.05, 3.63) is 31.5 Å². The second-order valence-corrected chi connectivity index (χ2v) is 3.90. The minimum atomic E-state index is -0.635. The van der Waals surface area contributed by atoms with Crippen molar-refractivity contribution in [2.45, 2.75) is 0 Å². The monoisotopic (exact) mass is 395 g/mol. The number of rotatable bonds is 0. The second kappa shape index (κ2) is 3.32. The molecule has 0 saturated heterocycles. The van der Waals surface area contributed by atoms with Gasteiger partial charge < -0.3 is 0 Å². The van der Waals surface area contributed by atoms with E-state index in [1.165, 1.54) is 7.05 Å². The van der Waals surface area contributed by atoms with Crippen LogP contribution in [0.1, 0.15) is 0 Å². The first-order valence-corrected chi connectivity index (χ1v) is 4.67. The molecule has 0 aliphatic carbocycles. The van der Waals surface area contributed by atoms with Gasteiger partial charge in [0.05, 0.1) is 45.7 Å². The summed E-state index contributed by atoms with van der Waals surface area (Å²) >= 11 is 3.09. The lowest BCUT2D eigenvalue weighted by atomic mass is 10.9. The van der Waals surface area contributed by atoms with E-state index in [2.05, 4.69) is 0 Å². The summed E-state index contributed by atoms with van der Waals surface area (Å²) in [6.07, 6.45) is 0. The highest BCUT2D eigenvalue weighted by atomic mass is 127. The highest BCUT2D eigenvalue weighted by Crippen LogP contribution is 1.81. The quantitative estimate of drug-likeness (QED) is 0.536. The van der Waals surface area contributed by atoms with Gasteiger partial charge in [0.2, 0.25) is 0 Å². The average molecular weight is 395 g/mol. The van der Waals surface area contributed by atoms with E-state index in [1.54, 1.807) is 45.7 Å². The average Bonchev–Trinajstić information content (AvgIpc) is 2.08. The minimum Gasteiger partial charge on any atom is -0.247 e. The van der Waals surface area contributed by atoms with Gasteiger partial charge >= 0.3 is 17.1 Å². The lowest BCUT2D eigenvalue weighted by Crippen LogP contribution is -2.48. The van der Waals surface area contributed by atoms with E-state index >= 15 is 0 Å². The Morgan fingerprint density at radius 2 is 1.25 bits per heavy atom. The summed E-state index contributed by atoms with van der Waals surface area (Å²) in [5.41, 5.74) is -1.89. The molecule has 0 atom stereocenters. The molecule has 0 unspecified atom stereocenters. The molecule has 0 aliphatic rings. The van der Waals surface area contributed by atoms with Crippen LogP contribution in [0.2, 0.25) is 0 Å². The summed E-state index contributed by atoms with van der Waals surface area (Å²) in [4.78, 5) is 33.2. The SMILES string of the molecule is Cn1c(=O)n(I)c(=O)n(I)c1=O. The molecule has 6 nitrogen and oxygen atoms in total. The number of halogens is 2. The van der Waals surface area contributed by atoms with Crippen molar-refractivity contribution in [3.63, 3.8) is 0 Å². The predicted molar refractivity (Wildman–Crippen MR) is 59.0 cm³/mol. The molecule has 1 aromatic rings. The lowest BCUT2D eigenvalue weighted by Gasteiger charge is -1.99. The Kier molecular flexibility index (Phi) is 2.75. The summed E-state index contributed by atoms with van der Waals surface area (Å²) in [6, 6.07) is 0. The van der Waals surface area contributed by atoms with Gasteiger partial charge in [-0.25, -0.2) is 19.0 Å². The van der Waals surface area contributed by atoms with E-state index in [0.717, 1.165) is 10.1 Å². The first kappa shape index (κ1) is 9.95. The molecule has 0 saturated carbocycles. The van der Waals surface area contributed by atoms with Gasteiger partial charge in [0.15, 0.2) is 0 Å². The van der Waals surface area contributed by atoms with Crippen molar-refractivity contribution in [2.24, 2.45) is 7.05 Å². The normalized spacial score (nSPS) is 10.2. The van der Waals surface area contributed by atoms with Gasteiger partial charge in [0.25, 0.3) is 0 Å². The standard InChI is InChI=1S/C4H3I2N3O3/c1-7-2(10)8(5)4(12)9(6)3(7)11/h1H3. The molecular formula is C4H3I2N3O3. The molecule has 0 radical (unpaired) electrons. The molecular weight excluding hydrogens is 392 g/mol. The number of aromatic nitrogens is 3. The molecule has 0 N–H and O–H groups in total. The topological polar surface area (TPSA) is 66.0 Å². The molecule has 0 bridgehead atoms. The van der Waals surface area contributed by atoms with Crippen LogP contribution < -0.4 is 17.1 Å². The van der Waals surface area contributed by atoms with Crippen LogP contribution in [0.15, 0.2) is 14.4 Å². The van der Waals surface area contributed by atoms with Gasteiger partial charge in [0.1, 0.15) is 0 Å². The van der Waals surface area contributed by atoms with Crippen LogP contribution in [0.5, 0.6) is 0 Å². The van der Waals surface area contributed by atoms with Crippen molar-refractivity contribution < 1.29 is 0 Å². The summed E-state index contributed by atoms with van der Waals surface area (Å²) < 4.78 is 2.54. The summed E-state index contributed by atoms with van der Waals surface area (Å²) in [5.74, 6) is 0. The predicted octanol–water partition coefficient (Wildman–Crippen LogP) is -0.895. The van der Waals surface area contributed by atoms with Gasteiger partial charge in [-0.3, -0.25) is 0 Å². The van der Waals surface area contributed by atoms with Crippen molar-refractivity contribution in [3.8, 4) is 0 Å². The number of nitrogens with zero attached hydrogens (tertiary/aromatic N) is 3. The Hall–Kier alpha value is -0.130. The van der Waals surface area contributed by atoms with Crippen LogP contribution in [0, 0.1) is 0 Å². The van der Waals surface area contributed by atoms with Crippen LogP contribution in [-0.4, -0.2) is 10.1 Å². The van der Waals surface area contributed by atoms with Crippen LogP contribution >= 0.6 is 45.7 Å². The Morgan fingerprint density at radius 3 is 1.58 bits per heavy atom. The Bertz CT molecular complexity index is 380. The van der Waals surface area contributed by atoms with E-state index in [1.807, 2.05) is 0 Å². The van der Waals surface area contributed by atoms with E-state index in [9.17, 15) is 14.4 Å². The maximum Gasteiger partial charge on any atom is 0.354 e. The highest BCUT2D eigenvalue weighted by Gasteiger charge is 2.07. The fourth-order valence-corrected chi connectivity index (χ4v) is 2.08. The number of hydrogen-bond acceptors (Lipinski definition) is 3. The van der Waals surface area contributed by atoms with Crippen molar-refractivity contribution in [1.29, 1.82) is 0 Å². The van der Waals surface area contributed by atoms with Crippen LogP contribution in [0.3, 0.4) is 0 Å². The fourth-order valence-electron chi connectivity index (χ4n) is 0.586. The molecule has 0 aromatic carbocycles. The van der Waals surface area contributed by atoms with Crippen LogP contribution in [0.4, 0.5) is 0 Å². The molecule has 0 fully saturated rings.